The zero-order valence-corrected chi connectivity index (χ0v) is 9.69. The second kappa shape index (κ2) is 4.57. The van der Waals surface area contributed by atoms with Gasteiger partial charge in [0.1, 0.15) is 0 Å². The van der Waals surface area contributed by atoms with Gasteiger partial charge >= 0.3 is 0 Å². The maximum absolute atomic E-state index is 9.89. The Hall–Kier alpha value is -1.16. The minimum absolute atomic E-state index is 0.148. The summed E-state index contributed by atoms with van der Waals surface area (Å²) >= 11 is 0. The second-order valence-corrected chi connectivity index (χ2v) is 4.64. The van der Waals surface area contributed by atoms with Gasteiger partial charge in [-0.3, -0.25) is 4.98 Å². The van der Waals surface area contributed by atoms with Crippen molar-refractivity contribution in [2.75, 3.05) is 7.11 Å². The van der Waals surface area contributed by atoms with Crippen LogP contribution < -0.4 is 4.74 Å². The van der Waals surface area contributed by atoms with Crippen LogP contribution in [-0.2, 0) is 6.42 Å². The van der Waals surface area contributed by atoms with Crippen LogP contribution in [-0.4, -0.2) is 28.3 Å². The lowest BCUT2D eigenvalue weighted by atomic mass is 9.86. The van der Waals surface area contributed by atoms with E-state index in [0.717, 1.165) is 5.69 Å². The number of methoxy groups -OCH3 is 1. The molecule has 1 heterocycles. The summed E-state index contributed by atoms with van der Waals surface area (Å²) < 4.78 is 4.97. The fraction of sp³-hybridized carbons (Fsp3) is 0.636. The monoisotopic (exact) mass is 210 g/mol. The van der Waals surface area contributed by atoms with Gasteiger partial charge in [-0.05, 0) is 5.41 Å². The lowest BCUT2D eigenvalue weighted by Crippen LogP contribution is -2.28. The third-order valence-corrected chi connectivity index (χ3v) is 2.27. The predicted octanol–water partition coefficient (Wildman–Crippen LogP) is 1.43. The number of rotatable bonds is 3. The first kappa shape index (κ1) is 11.9. The summed E-state index contributed by atoms with van der Waals surface area (Å²) in [5.41, 5.74) is 0.599. The molecule has 0 aromatic carbocycles. The molecule has 0 spiro atoms. The number of ether oxygens (including phenoxy) is 1. The average molecular weight is 210 g/mol. The van der Waals surface area contributed by atoms with Crippen LogP contribution in [0.15, 0.2) is 12.4 Å². The molecule has 4 heteroatoms. The van der Waals surface area contributed by atoms with Gasteiger partial charge in [-0.2, -0.15) is 0 Å². The van der Waals surface area contributed by atoms with E-state index in [9.17, 15) is 5.11 Å². The van der Waals surface area contributed by atoms with E-state index in [0.29, 0.717) is 12.3 Å². The normalized spacial score (nSPS) is 13.7. The molecule has 1 aromatic heterocycles. The van der Waals surface area contributed by atoms with Crippen molar-refractivity contribution in [3.8, 4) is 5.88 Å². The Balaban J connectivity index is 2.72. The Bertz CT molecular complexity index is 321. The summed E-state index contributed by atoms with van der Waals surface area (Å²) in [4.78, 5) is 8.19. The molecule has 1 N–H and O–H groups in total. The molecule has 0 amide bonds. The fourth-order valence-electron chi connectivity index (χ4n) is 1.09. The molecular formula is C11H18N2O2. The van der Waals surface area contributed by atoms with Crippen LogP contribution in [0.1, 0.15) is 26.5 Å². The number of aliphatic hydroxyl groups is 1. The van der Waals surface area contributed by atoms with Gasteiger partial charge in [0.05, 0.1) is 25.1 Å². The number of aromatic nitrogens is 2. The predicted molar refractivity (Wildman–Crippen MR) is 57.7 cm³/mol. The molecule has 0 aliphatic heterocycles. The third kappa shape index (κ3) is 3.47. The van der Waals surface area contributed by atoms with Crippen molar-refractivity contribution in [1.82, 2.24) is 9.97 Å². The number of nitrogens with zero attached hydrogens (tertiary/aromatic N) is 2. The highest BCUT2D eigenvalue weighted by Crippen LogP contribution is 2.21. The first-order valence-electron chi connectivity index (χ1n) is 4.96. The van der Waals surface area contributed by atoms with Gasteiger partial charge in [0.25, 0.3) is 0 Å². The minimum atomic E-state index is -0.432. The zero-order valence-electron chi connectivity index (χ0n) is 9.69. The minimum Gasteiger partial charge on any atom is -0.480 e. The van der Waals surface area contributed by atoms with Crippen LogP contribution in [0.25, 0.3) is 0 Å². The molecule has 0 radical (unpaired) electrons. The highest BCUT2D eigenvalue weighted by molar-refractivity contribution is 5.09. The summed E-state index contributed by atoms with van der Waals surface area (Å²) in [7, 11) is 1.55. The molecule has 1 unspecified atom stereocenters. The molecule has 0 bridgehead atoms. The first-order chi connectivity index (χ1) is 6.93. The summed E-state index contributed by atoms with van der Waals surface area (Å²) in [6.07, 6.45) is 3.26. The molecule has 0 saturated carbocycles. The Morgan fingerprint density at radius 1 is 1.40 bits per heavy atom. The van der Waals surface area contributed by atoms with Crippen molar-refractivity contribution in [2.45, 2.75) is 33.3 Å². The van der Waals surface area contributed by atoms with Gasteiger partial charge in [-0.25, -0.2) is 4.98 Å². The van der Waals surface area contributed by atoms with Gasteiger partial charge < -0.3 is 9.84 Å². The van der Waals surface area contributed by atoms with E-state index >= 15 is 0 Å². The van der Waals surface area contributed by atoms with E-state index in [1.54, 1.807) is 19.5 Å². The maximum Gasteiger partial charge on any atom is 0.232 e. The molecule has 84 valence electrons. The van der Waals surface area contributed by atoms with Crippen molar-refractivity contribution in [3.05, 3.63) is 18.1 Å². The van der Waals surface area contributed by atoms with E-state index < -0.39 is 6.10 Å². The summed E-state index contributed by atoms with van der Waals surface area (Å²) in [5, 5.41) is 9.89. The quantitative estimate of drug-likeness (QED) is 0.820. The molecule has 0 aliphatic carbocycles. The first-order valence-corrected chi connectivity index (χ1v) is 4.96. The van der Waals surface area contributed by atoms with E-state index in [2.05, 4.69) is 9.97 Å². The zero-order chi connectivity index (χ0) is 11.5. The van der Waals surface area contributed by atoms with Crippen LogP contribution in [0.3, 0.4) is 0 Å². The number of aliphatic hydroxyl groups excluding tert-OH is 1. The molecule has 1 rings (SSSR count). The van der Waals surface area contributed by atoms with Crippen molar-refractivity contribution in [3.63, 3.8) is 0 Å². The topological polar surface area (TPSA) is 55.2 Å². The summed E-state index contributed by atoms with van der Waals surface area (Å²) in [6, 6.07) is 0. The van der Waals surface area contributed by atoms with Crippen LogP contribution in [0, 0.1) is 5.41 Å². The van der Waals surface area contributed by atoms with Crippen LogP contribution >= 0.6 is 0 Å². The van der Waals surface area contributed by atoms with E-state index in [1.807, 2.05) is 20.8 Å². The molecule has 4 nitrogen and oxygen atoms in total. The molecule has 0 saturated heterocycles. The molecule has 1 atom stereocenters. The van der Waals surface area contributed by atoms with Crippen molar-refractivity contribution in [2.24, 2.45) is 5.41 Å². The summed E-state index contributed by atoms with van der Waals surface area (Å²) in [5.74, 6) is 0.480. The Kier molecular flexibility index (Phi) is 3.63. The van der Waals surface area contributed by atoms with Crippen molar-refractivity contribution in [1.29, 1.82) is 0 Å². The number of hydrogen-bond donors (Lipinski definition) is 1. The van der Waals surface area contributed by atoms with Gasteiger partial charge in [-0.1, -0.05) is 20.8 Å². The van der Waals surface area contributed by atoms with Gasteiger partial charge in [0.15, 0.2) is 0 Å². The largest absolute Gasteiger partial charge is 0.480 e. The SMILES string of the molecule is COc1cncc(CC(O)C(C)(C)C)n1. The second-order valence-electron chi connectivity index (χ2n) is 4.64. The fourth-order valence-corrected chi connectivity index (χ4v) is 1.09. The average Bonchev–Trinajstić information content (AvgIpc) is 2.16. The molecule has 15 heavy (non-hydrogen) atoms. The number of hydrogen-bond acceptors (Lipinski definition) is 4. The Labute approximate surface area is 90.3 Å². The Morgan fingerprint density at radius 2 is 2.07 bits per heavy atom. The molecule has 0 aliphatic rings. The Morgan fingerprint density at radius 3 is 2.60 bits per heavy atom. The van der Waals surface area contributed by atoms with E-state index in [-0.39, 0.29) is 5.41 Å². The van der Waals surface area contributed by atoms with Gasteiger partial charge in [0, 0.05) is 12.6 Å². The standard InChI is InChI=1S/C11H18N2O2/c1-11(2,3)9(14)5-8-6-12-7-10(13-8)15-4/h6-7,9,14H,5H2,1-4H3. The lowest BCUT2D eigenvalue weighted by molar-refractivity contribution is 0.0626. The van der Waals surface area contributed by atoms with Crippen molar-refractivity contribution >= 4 is 0 Å². The van der Waals surface area contributed by atoms with E-state index in [1.165, 1.54) is 0 Å². The van der Waals surface area contributed by atoms with Crippen molar-refractivity contribution < 1.29 is 9.84 Å². The summed E-state index contributed by atoms with van der Waals surface area (Å²) in [6.45, 7) is 5.97. The van der Waals surface area contributed by atoms with Crippen LogP contribution in [0.4, 0.5) is 0 Å². The third-order valence-electron chi connectivity index (χ3n) is 2.27. The van der Waals surface area contributed by atoms with Crippen LogP contribution in [0.5, 0.6) is 5.88 Å². The lowest BCUT2D eigenvalue weighted by Gasteiger charge is -2.25. The molecule has 0 fully saturated rings. The van der Waals surface area contributed by atoms with E-state index in [4.69, 9.17) is 4.74 Å². The highest BCUT2D eigenvalue weighted by Gasteiger charge is 2.22. The van der Waals surface area contributed by atoms with Gasteiger partial charge in [-0.15, -0.1) is 0 Å². The highest BCUT2D eigenvalue weighted by atomic mass is 16.5. The van der Waals surface area contributed by atoms with Crippen LogP contribution in [0.2, 0.25) is 0 Å². The molecular weight excluding hydrogens is 192 g/mol. The maximum atomic E-state index is 9.89. The smallest absolute Gasteiger partial charge is 0.232 e. The molecule has 1 aromatic rings. The van der Waals surface area contributed by atoms with Gasteiger partial charge in [0.2, 0.25) is 5.88 Å².